The van der Waals surface area contributed by atoms with E-state index in [9.17, 15) is 13.2 Å². The zero-order valence-corrected chi connectivity index (χ0v) is 18.3. The van der Waals surface area contributed by atoms with E-state index in [1.165, 1.54) is 3.97 Å². The molecule has 4 aromatic rings. The van der Waals surface area contributed by atoms with Crippen LogP contribution in [-0.4, -0.2) is 38.4 Å². The number of amides is 1. The van der Waals surface area contributed by atoms with Crippen LogP contribution in [0.1, 0.15) is 44.6 Å². The summed E-state index contributed by atoms with van der Waals surface area (Å²) in [6.45, 7) is 0. The third-order valence-electron chi connectivity index (χ3n) is 7.05. The molecule has 1 aromatic carbocycles. The molecule has 0 unspecified atom stereocenters. The lowest BCUT2D eigenvalue weighted by atomic mass is 9.78. The van der Waals surface area contributed by atoms with Crippen LogP contribution in [0.15, 0.2) is 60.0 Å². The number of nitrogens with one attached hydrogen (secondary N) is 1. The van der Waals surface area contributed by atoms with Crippen molar-refractivity contribution < 1.29 is 13.2 Å². The number of pyridine rings is 1. The molecule has 0 bridgehead atoms. The first-order valence-corrected chi connectivity index (χ1v) is 12.4. The Hall–Kier alpha value is -3.20. The second-order valence-electron chi connectivity index (χ2n) is 8.87. The Kier molecular flexibility index (Phi) is 4.20. The monoisotopic (exact) mass is 449 g/mol. The number of hydrogen-bond donors (Lipinski definition) is 1. The molecule has 2 fully saturated rings. The number of rotatable bonds is 3. The van der Waals surface area contributed by atoms with Crippen LogP contribution in [0, 0.1) is 0 Å². The maximum atomic E-state index is 13.2. The molecule has 0 atom stereocenters. The fourth-order valence-electron chi connectivity index (χ4n) is 5.35. The summed E-state index contributed by atoms with van der Waals surface area (Å²) in [5.74, 6) is 0.158. The summed E-state index contributed by atoms with van der Waals surface area (Å²) in [4.78, 5) is 21.0. The Morgan fingerprint density at radius 3 is 2.53 bits per heavy atom. The molecule has 6 rings (SSSR count). The largest absolute Gasteiger partial charge is 0.351 e. The van der Waals surface area contributed by atoms with Crippen molar-refractivity contribution >= 4 is 38.0 Å². The van der Waals surface area contributed by atoms with Crippen molar-refractivity contribution in [2.24, 2.45) is 0 Å². The molecule has 0 radical (unpaired) electrons. The molecule has 8 nitrogen and oxygen atoms in total. The van der Waals surface area contributed by atoms with Gasteiger partial charge in [-0.3, -0.25) is 4.79 Å². The third-order valence-corrected chi connectivity index (χ3v) is 8.73. The van der Waals surface area contributed by atoms with Gasteiger partial charge in [0.05, 0.1) is 22.9 Å². The van der Waals surface area contributed by atoms with Gasteiger partial charge in [0.15, 0.2) is 5.65 Å². The number of carbonyl (C=O) groups excluding carboxylic acids is 1. The van der Waals surface area contributed by atoms with E-state index >= 15 is 0 Å². The SMILES string of the molecule is O=C1CCC2(CCC(n3cnc4cnc5c(ccn5S(=O)(=O)c5ccccc5)c43)CC2)N1. The Balaban J connectivity index is 1.40. The molecular formula is C23H23N5O3S. The summed E-state index contributed by atoms with van der Waals surface area (Å²) >= 11 is 0. The second-order valence-corrected chi connectivity index (χ2v) is 10.7. The van der Waals surface area contributed by atoms with Crippen molar-refractivity contribution in [3.8, 4) is 0 Å². The van der Waals surface area contributed by atoms with E-state index in [2.05, 4.69) is 19.9 Å². The minimum atomic E-state index is -3.75. The van der Waals surface area contributed by atoms with Gasteiger partial charge in [-0.1, -0.05) is 18.2 Å². The molecule has 4 heterocycles. The van der Waals surface area contributed by atoms with Crippen LogP contribution in [0.5, 0.6) is 0 Å². The van der Waals surface area contributed by atoms with Gasteiger partial charge in [-0.05, 0) is 50.3 Å². The smallest absolute Gasteiger partial charge is 0.269 e. The van der Waals surface area contributed by atoms with E-state index < -0.39 is 10.0 Å². The second kappa shape index (κ2) is 6.90. The molecule has 1 aliphatic carbocycles. The molecule has 1 saturated heterocycles. The van der Waals surface area contributed by atoms with Crippen LogP contribution in [0.3, 0.4) is 0 Å². The highest BCUT2D eigenvalue weighted by Gasteiger charge is 2.41. The van der Waals surface area contributed by atoms with Gasteiger partial charge < -0.3 is 9.88 Å². The van der Waals surface area contributed by atoms with Crippen LogP contribution in [-0.2, 0) is 14.8 Å². The van der Waals surface area contributed by atoms with Crippen LogP contribution >= 0.6 is 0 Å². The summed E-state index contributed by atoms with van der Waals surface area (Å²) in [5, 5.41) is 3.97. The van der Waals surface area contributed by atoms with Gasteiger partial charge in [0.25, 0.3) is 10.0 Å². The molecule has 1 saturated carbocycles. The number of aromatic nitrogens is 4. The van der Waals surface area contributed by atoms with Crippen LogP contribution < -0.4 is 5.32 Å². The summed E-state index contributed by atoms with van der Waals surface area (Å²) in [6, 6.07) is 10.4. The highest BCUT2D eigenvalue weighted by atomic mass is 32.2. The van der Waals surface area contributed by atoms with Gasteiger partial charge in [-0.25, -0.2) is 22.4 Å². The van der Waals surface area contributed by atoms with Crippen molar-refractivity contribution in [1.82, 2.24) is 23.8 Å². The fraction of sp³-hybridized carbons (Fsp3) is 0.348. The van der Waals surface area contributed by atoms with Crippen molar-refractivity contribution in [2.75, 3.05) is 0 Å². The number of nitrogens with zero attached hydrogens (tertiary/aromatic N) is 4. The van der Waals surface area contributed by atoms with E-state index in [0.29, 0.717) is 12.1 Å². The maximum absolute atomic E-state index is 13.2. The highest BCUT2D eigenvalue weighted by Crippen LogP contribution is 2.41. The molecule has 1 aliphatic heterocycles. The lowest BCUT2D eigenvalue weighted by Gasteiger charge is -2.37. The molecule has 164 valence electrons. The average Bonchev–Trinajstić information content (AvgIpc) is 3.52. The standard InChI is InChI=1S/C23H23N5O3S/c29-20-8-12-23(26-20)10-6-16(7-11-23)27-15-25-19-14-24-22-18(21(19)27)9-13-28(22)32(30,31)17-4-2-1-3-5-17/h1-5,9,13-16H,6-8,10-12H2,(H,26,29). The quantitative estimate of drug-likeness (QED) is 0.517. The summed E-state index contributed by atoms with van der Waals surface area (Å²) in [7, 11) is -3.75. The van der Waals surface area contributed by atoms with Gasteiger partial charge in [-0.15, -0.1) is 0 Å². The molecule has 1 spiro atoms. The Morgan fingerprint density at radius 2 is 1.81 bits per heavy atom. The minimum absolute atomic E-state index is 0.0477. The van der Waals surface area contributed by atoms with E-state index in [-0.39, 0.29) is 22.4 Å². The van der Waals surface area contributed by atoms with Gasteiger partial charge in [0.2, 0.25) is 5.91 Å². The Morgan fingerprint density at radius 1 is 1.03 bits per heavy atom. The maximum Gasteiger partial charge on any atom is 0.269 e. The van der Waals surface area contributed by atoms with E-state index in [0.717, 1.165) is 48.5 Å². The predicted octanol–water partition coefficient (Wildman–Crippen LogP) is 3.39. The van der Waals surface area contributed by atoms with Crippen LogP contribution in [0.4, 0.5) is 0 Å². The fourth-order valence-corrected chi connectivity index (χ4v) is 6.67. The number of benzene rings is 1. The predicted molar refractivity (Wildman–Crippen MR) is 120 cm³/mol. The lowest BCUT2D eigenvalue weighted by molar-refractivity contribution is -0.120. The van der Waals surface area contributed by atoms with Crippen molar-refractivity contribution in [1.29, 1.82) is 0 Å². The topological polar surface area (TPSA) is 98.9 Å². The van der Waals surface area contributed by atoms with Gasteiger partial charge in [0, 0.05) is 29.6 Å². The van der Waals surface area contributed by atoms with Crippen LogP contribution in [0.25, 0.3) is 22.1 Å². The van der Waals surface area contributed by atoms with Crippen molar-refractivity contribution in [3.63, 3.8) is 0 Å². The molecular weight excluding hydrogens is 426 g/mol. The number of hydrogen-bond acceptors (Lipinski definition) is 5. The Labute approximate surface area is 185 Å². The van der Waals surface area contributed by atoms with Gasteiger partial charge in [-0.2, -0.15) is 0 Å². The summed E-state index contributed by atoms with van der Waals surface area (Å²) in [5.41, 5.74) is 2.02. The highest BCUT2D eigenvalue weighted by molar-refractivity contribution is 7.90. The zero-order valence-electron chi connectivity index (χ0n) is 17.4. The average molecular weight is 450 g/mol. The first kappa shape index (κ1) is 19.5. The third kappa shape index (κ3) is 2.87. The normalized spacial score (nSPS) is 23.9. The summed E-state index contributed by atoms with van der Waals surface area (Å²) in [6.07, 6.45) is 10.4. The number of imidazole rings is 1. The number of carbonyl (C=O) groups is 1. The molecule has 9 heteroatoms. The molecule has 2 aliphatic rings. The molecule has 3 aromatic heterocycles. The number of fused-ring (bicyclic) bond motifs is 3. The van der Waals surface area contributed by atoms with Crippen molar-refractivity contribution in [2.45, 2.75) is 55.0 Å². The van der Waals surface area contributed by atoms with Gasteiger partial charge in [0.1, 0.15) is 5.52 Å². The zero-order chi connectivity index (χ0) is 21.9. The summed E-state index contributed by atoms with van der Waals surface area (Å²) < 4.78 is 29.8. The Bertz CT molecular complexity index is 1450. The molecule has 32 heavy (non-hydrogen) atoms. The molecule has 1 amide bonds. The van der Waals surface area contributed by atoms with Gasteiger partial charge >= 0.3 is 0 Å². The van der Waals surface area contributed by atoms with Crippen LogP contribution in [0.2, 0.25) is 0 Å². The minimum Gasteiger partial charge on any atom is -0.351 e. The van der Waals surface area contributed by atoms with Crippen molar-refractivity contribution in [3.05, 3.63) is 55.1 Å². The lowest BCUT2D eigenvalue weighted by Crippen LogP contribution is -2.44. The first-order chi connectivity index (χ1) is 15.5. The first-order valence-electron chi connectivity index (χ1n) is 10.9. The van der Waals surface area contributed by atoms with E-state index in [1.807, 2.05) is 12.4 Å². The van der Waals surface area contributed by atoms with E-state index in [4.69, 9.17) is 0 Å². The molecule has 1 N–H and O–H groups in total. The van der Waals surface area contributed by atoms with E-state index in [1.54, 1.807) is 42.7 Å².